The van der Waals surface area contributed by atoms with Crippen LogP contribution in [-0.4, -0.2) is 18.7 Å². The topological polar surface area (TPSA) is 39.1 Å². The van der Waals surface area contributed by atoms with Gasteiger partial charge in [-0.1, -0.05) is 19.1 Å². The molecule has 98 valence electrons. The van der Waals surface area contributed by atoms with Crippen molar-refractivity contribution in [1.82, 2.24) is 4.57 Å². The first-order valence-electron chi connectivity index (χ1n) is 6.26. The zero-order valence-electron chi connectivity index (χ0n) is 11.1. The van der Waals surface area contributed by atoms with Gasteiger partial charge in [0, 0.05) is 28.9 Å². The first-order valence-corrected chi connectivity index (χ1v) is 8.08. The lowest BCUT2D eigenvalue weighted by Gasteiger charge is -2.07. The van der Waals surface area contributed by atoms with Gasteiger partial charge in [0.05, 0.1) is 5.75 Å². The van der Waals surface area contributed by atoms with Crippen molar-refractivity contribution >= 4 is 20.7 Å². The molecule has 0 saturated heterocycles. The molecule has 0 spiro atoms. The van der Waals surface area contributed by atoms with Crippen molar-refractivity contribution in [2.75, 3.05) is 5.75 Å². The summed E-state index contributed by atoms with van der Waals surface area (Å²) in [6.45, 7) is 6.59. The van der Waals surface area contributed by atoms with Crippen molar-refractivity contribution in [2.24, 2.45) is 0 Å². The zero-order valence-corrected chi connectivity index (χ0v) is 11.9. The van der Waals surface area contributed by atoms with Crippen molar-refractivity contribution in [3.63, 3.8) is 0 Å². The Morgan fingerprint density at radius 1 is 1.22 bits per heavy atom. The summed E-state index contributed by atoms with van der Waals surface area (Å²) in [6, 6.07) is 8.14. The molecule has 1 heterocycles. The lowest BCUT2D eigenvalue weighted by molar-refractivity contribution is 0.594. The average molecular weight is 265 g/mol. The maximum atomic E-state index is 11.8. The monoisotopic (exact) mass is 265 g/mol. The van der Waals surface area contributed by atoms with Gasteiger partial charge in [0.2, 0.25) is 0 Å². The molecule has 2 rings (SSSR count). The molecule has 0 unspecified atom stereocenters. The Labute approximate surface area is 108 Å². The number of fused-ring (bicyclic) bond motifs is 1. The van der Waals surface area contributed by atoms with E-state index in [0.717, 1.165) is 23.1 Å². The van der Waals surface area contributed by atoms with Crippen LogP contribution in [0.3, 0.4) is 0 Å². The van der Waals surface area contributed by atoms with E-state index in [2.05, 4.69) is 17.6 Å². The van der Waals surface area contributed by atoms with E-state index >= 15 is 0 Å². The summed E-state index contributed by atoms with van der Waals surface area (Å²) in [5.41, 5.74) is 3.21. The van der Waals surface area contributed by atoms with Crippen LogP contribution >= 0.6 is 0 Å². The Morgan fingerprint density at radius 2 is 1.94 bits per heavy atom. The van der Waals surface area contributed by atoms with Crippen LogP contribution in [0, 0.1) is 6.92 Å². The molecule has 0 aliphatic rings. The van der Waals surface area contributed by atoms with Crippen molar-refractivity contribution in [3.8, 4) is 0 Å². The van der Waals surface area contributed by atoms with Gasteiger partial charge in [-0.15, -0.1) is 0 Å². The summed E-state index contributed by atoms with van der Waals surface area (Å²) in [5, 5.41) is 1.15. The van der Waals surface area contributed by atoms with Gasteiger partial charge in [0.25, 0.3) is 0 Å². The van der Waals surface area contributed by atoms with Gasteiger partial charge in [-0.05, 0) is 31.5 Å². The fraction of sp³-hybridized carbons (Fsp3) is 0.429. The predicted octanol–water partition coefficient (Wildman–Crippen LogP) is 2.90. The Kier molecular flexibility index (Phi) is 3.48. The van der Waals surface area contributed by atoms with Gasteiger partial charge in [-0.25, -0.2) is 8.42 Å². The molecule has 0 fully saturated rings. The molecule has 1 aromatic carbocycles. The average Bonchev–Trinajstić information content (AvgIpc) is 2.67. The minimum absolute atomic E-state index is 0.130. The quantitative estimate of drug-likeness (QED) is 0.852. The van der Waals surface area contributed by atoms with Crippen molar-refractivity contribution < 1.29 is 8.42 Å². The number of sulfone groups is 1. The second-order valence-electron chi connectivity index (χ2n) is 4.56. The van der Waals surface area contributed by atoms with E-state index in [4.69, 9.17) is 0 Å². The highest BCUT2D eigenvalue weighted by molar-refractivity contribution is 7.90. The number of hydrogen-bond donors (Lipinski definition) is 0. The van der Waals surface area contributed by atoms with Crippen molar-refractivity contribution in [3.05, 3.63) is 35.5 Å². The van der Waals surface area contributed by atoms with E-state index < -0.39 is 9.84 Å². The van der Waals surface area contributed by atoms with Crippen LogP contribution in [0.1, 0.15) is 25.1 Å². The molecule has 0 aliphatic heterocycles. The molecule has 1 aromatic heterocycles. The summed E-state index contributed by atoms with van der Waals surface area (Å²) >= 11 is 0. The first kappa shape index (κ1) is 13.1. The molecule has 3 nitrogen and oxygen atoms in total. The summed E-state index contributed by atoms with van der Waals surface area (Å²) in [6.07, 6.45) is 0. The van der Waals surface area contributed by atoms with E-state index in [1.165, 1.54) is 5.56 Å². The van der Waals surface area contributed by atoms with Gasteiger partial charge in [-0.2, -0.15) is 0 Å². The Morgan fingerprint density at radius 3 is 2.56 bits per heavy atom. The van der Waals surface area contributed by atoms with Crippen LogP contribution in [0.25, 0.3) is 10.9 Å². The Balaban J connectivity index is 2.61. The van der Waals surface area contributed by atoms with Gasteiger partial charge in [0.1, 0.15) is 0 Å². The summed E-state index contributed by atoms with van der Waals surface area (Å²) in [7, 11) is -2.99. The molecule has 0 bridgehead atoms. The highest BCUT2D eigenvalue weighted by atomic mass is 32.2. The van der Waals surface area contributed by atoms with E-state index in [9.17, 15) is 8.42 Å². The maximum Gasteiger partial charge on any atom is 0.155 e. The van der Waals surface area contributed by atoms with Gasteiger partial charge < -0.3 is 4.57 Å². The van der Waals surface area contributed by atoms with E-state index in [1.54, 1.807) is 6.92 Å². The van der Waals surface area contributed by atoms with Crippen LogP contribution in [0.4, 0.5) is 0 Å². The molecule has 0 atom stereocenters. The fourth-order valence-corrected chi connectivity index (χ4v) is 3.20. The molecule has 0 radical (unpaired) electrons. The fourth-order valence-electron chi connectivity index (χ4n) is 2.31. The second kappa shape index (κ2) is 4.76. The molecule has 0 aliphatic carbocycles. The lowest BCUT2D eigenvalue weighted by Crippen LogP contribution is -2.10. The molecule has 0 N–H and O–H groups in total. The van der Waals surface area contributed by atoms with Crippen molar-refractivity contribution in [2.45, 2.75) is 33.1 Å². The first-order chi connectivity index (χ1) is 8.48. The smallest absolute Gasteiger partial charge is 0.155 e. The van der Waals surface area contributed by atoms with Crippen molar-refractivity contribution in [1.29, 1.82) is 0 Å². The number of nitrogens with zero attached hydrogens (tertiary/aromatic N) is 1. The Hall–Kier alpha value is -1.29. The standard InChI is InChI=1S/C14H19NO2S/c1-4-15-12(10-18(16,17)5-2)9-13-11(3)7-6-8-14(13)15/h6-9H,4-5,10H2,1-3H3. The van der Waals surface area contributed by atoms with Gasteiger partial charge in [0.15, 0.2) is 9.84 Å². The number of hydrogen-bond acceptors (Lipinski definition) is 2. The van der Waals surface area contributed by atoms with E-state index in [0.29, 0.717) is 0 Å². The number of rotatable bonds is 4. The van der Waals surface area contributed by atoms with Crippen LogP contribution in [0.5, 0.6) is 0 Å². The normalized spacial score (nSPS) is 12.2. The molecule has 18 heavy (non-hydrogen) atoms. The maximum absolute atomic E-state index is 11.8. The van der Waals surface area contributed by atoms with Gasteiger partial charge >= 0.3 is 0 Å². The number of benzene rings is 1. The molecule has 0 saturated carbocycles. The van der Waals surface area contributed by atoms with Gasteiger partial charge in [-0.3, -0.25) is 0 Å². The SMILES string of the molecule is CCn1c(CS(=O)(=O)CC)cc2c(C)cccc21. The van der Waals surface area contributed by atoms with E-state index in [1.807, 2.05) is 25.1 Å². The third-order valence-electron chi connectivity index (χ3n) is 3.37. The van der Waals surface area contributed by atoms with Crippen LogP contribution < -0.4 is 0 Å². The van der Waals surface area contributed by atoms with Crippen LogP contribution in [-0.2, 0) is 22.1 Å². The molecule has 2 aromatic rings. The largest absolute Gasteiger partial charge is 0.344 e. The molecule has 0 amide bonds. The minimum Gasteiger partial charge on any atom is -0.344 e. The number of aromatic nitrogens is 1. The summed E-state index contributed by atoms with van der Waals surface area (Å²) in [4.78, 5) is 0. The van der Waals surface area contributed by atoms with Crippen LogP contribution in [0.2, 0.25) is 0 Å². The molecular formula is C14H19NO2S. The van der Waals surface area contributed by atoms with Crippen LogP contribution in [0.15, 0.2) is 24.3 Å². The Bertz CT molecular complexity index is 668. The molecular weight excluding hydrogens is 246 g/mol. The van der Waals surface area contributed by atoms with E-state index in [-0.39, 0.29) is 11.5 Å². The zero-order chi connectivity index (χ0) is 13.3. The summed E-state index contributed by atoms with van der Waals surface area (Å²) in [5.74, 6) is 0.322. The second-order valence-corrected chi connectivity index (χ2v) is 6.92. The lowest BCUT2D eigenvalue weighted by atomic mass is 10.1. The predicted molar refractivity (Wildman–Crippen MR) is 75.5 cm³/mol. The summed E-state index contributed by atoms with van der Waals surface area (Å²) < 4.78 is 25.7. The number of aryl methyl sites for hydroxylation is 2. The molecule has 4 heteroatoms. The third-order valence-corrected chi connectivity index (χ3v) is 4.99. The highest BCUT2D eigenvalue weighted by Gasteiger charge is 2.15. The third kappa shape index (κ3) is 2.29. The minimum atomic E-state index is -2.99. The highest BCUT2D eigenvalue weighted by Crippen LogP contribution is 2.24.